The lowest BCUT2D eigenvalue weighted by molar-refractivity contribution is -0.0295. The van der Waals surface area contributed by atoms with Crippen LogP contribution in [0.4, 0.5) is 0 Å². The molecule has 0 aromatic heterocycles. The largest absolute Gasteiger partial charge is 0.374 e. The maximum absolute atomic E-state index is 10.0. The van der Waals surface area contributed by atoms with Gasteiger partial charge in [-0.2, -0.15) is 0 Å². The fourth-order valence-electron chi connectivity index (χ4n) is 1.02. The van der Waals surface area contributed by atoms with Gasteiger partial charge in [0.15, 0.2) is 0 Å². The third kappa shape index (κ3) is 1.67. The van der Waals surface area contributed by atoms with Crippen LogP contribution in [0.1, 0.15) is 13.3 Å². The maximum atomic E-state index is 10.0. The molecule has 0 N–H and O–H groups in total. The van der Waals surface area contributed by atoms with Crippen molar-refractivity contribution in [1.29, 1.82) is 0 Å². The average Bonchev–Trinajstić information content (AvgIpc) is 2.05. The molecule has 1 unspecified atom stereocenters. The molecular formula is C6H12N2O2. The maximum Gasteiger partial charge on any atom is 0.0766 e. The molecule has 0 radical (unpaired) electrons. The van der Waals surface area contributed by atoms with Gasteiger partial charge in [0, 0.05) is 0 Å². The van der Waals surface area contributed by atoms with Crippen LogP contribution in [0.25, 0.3) is 0 Å². The second-order valence-corrected chi connectivity index (χ2v) is 2.40. The summed E-state index contributed by atoms with van der Waals surface area (Å²) in [6.07, 6.45) is 1.15. The van der Waals surface area contributed by atoms with Crippen LogP contribution in [0.2, 0.25) is 0 Å². The van der Waals surface area contributed by atoms with Gasteiger partial charge >= 0.3 is 0 Å². The first-order chi connectivity index (χ1) is 4.86. The Morgan fingerprint density at radius 3 is 3.20 bits per heavy atom. The number of rotatable bonds is 2. The van der Waals surface area contributed by atoms with Crippen molar-refractivity contribution in [2.45, 2.75) is 19.4 Å². The number of hydrogen-bond acceptors (Lipinski definition) is 3. The predicted molar refractivity (Wildman–Crippen MR) is 37.4 cm³/mol. The number of morpholine rings is 1. The van der Waals surface area contributed by atoms with Gasteiger partial charge in [-0.3, -0.25) is 5.01 Å². The van der Waals surface area contributed by atoms with Crippen LogP contribution in [-0.2, 0) is 4.74 Å². The first kappa shape index (κ1) is 7.47. The summed E-state index contributed by atoms with van der Waals surface area (Å²) < 4.78 is 5.32. The van der Waals surface area contributed by atoms with Crippen molar-refractivity contribution in [2.75, 3.05) is 19.7 Å². The van der Waals surface area contributed by atoms with Gasteiger partial charge in [-0.25, -0.2) is 0 Å². The summed E-state index contributed by atoms with van der Waals surface area (Å²) in [6, 6.07) is 0. The molecule has 0 spiro atoms. The fraction of sp³-hybridized carbons (Fsp3) is 1.00. The van der Waals surface area contributed by atoms with E-state index in [1.807, 2.05) is 6.92 Å². The van der Waals surface area contributed by atoms with Gasteiger partial charge in [-0.15, -0.1) is 4.91 Å². The van der Waals surface area contributed by atoms with Gasteiger partial charge in [0.2, 0.25) is 0 Å². The van der Waals surface area contributed by atoms with Gasteiger partial charge in [-0.1, -0.05) is 6.92 Å². The molecule has 1 aliphatic heterocycles. The van der Waals surface area contributed by atoms with E-state index in [0.29, 0.717) is 19.7 Å². The first-order valence-corrected chi connectivity index (χ1v) is 3.56. The van der Waals surface area contributed by atoms with Crippen LogP contribution in [0.5, 0.6) is 0 Å². The Hall–Kier alpha value is -0.640. The number of nitroso groups, excluding NO2 is 1. The predicted octanol–water partition coefficient (Wildman–Crippen LogP) is 0.779. The van der Waals surface area contributed by atoms with Crippen molar-refractivity contribution in [1.82, 2.24) is 5.01 Å². The molecule has 4 nitrogen and oxygen atoms in total. The van der Waals surface area contributed by atoms with E-state index in [2.05, 4.69) is 5.29 Å². The minimum Gasteiger partial charge on any atom is -0.374 e. The Bertz CT molecular complexity index is 118. The Morgan fingerprint density at radius 1 is 1.80 bits per heavy atom. The van der Waals surface area contributed by atoms with E-state index in [1.165, 1.54) is 5.01 Å². The first-order valence-electron chi connectivity index (χ1n) is 3.56. The molecule has 0 bridgehead atoms. The van der Waals surface area contributed by atoms with Crippen LogP contribution < -0.4 is 0 Å². The highest BCUT2D eigenvalue weighted by atomic mass is 16.5. The van der Waals surface area contributed by atoms with E-state index in [4.69, 9.17) is 4.74 Å². The Balaban J connectivity index is 2.31. The highest BCUT2D eigenvalue weighted by Gasteiger charge is 2.17. The van der Waals surface area contributed by atoms with Crippen molar-refractivity contribution in [3.63, 3.8) is 0 Å². The molecule has 4 heteroatoms. The minimum absolute atomic E-state index is 0.200. The van der Waals surface area contributed by atoms with Crippen LogP contribution >= 0.6 is 0 Å². The minimum atomic E-state index is 0.200. The molecule has 1 atom stereocenters. The van der Waals surface area contributed by atoms with E-state index in [1.54, 1.807) is 0 Å². The Labute approximate surface area is 60.1 Å². The van der Waals surface area contributed by atoms with Gasteiger partial charge in [-0.05, 0) is 6.42 Å². The second-order valence-electron chi connectivity index (χ2n) is 2.40. The van der Waals surface area contributed by atoms with Crippen LogP contribution in [0.15, 0.2) is 5.29 Å². The molecule has 1 rings (SSSR count). The SMILES string of the molecule is CCC1CN(N=O)CCO1. The monoisotopic (exact) mass is 144 g/mol. The molecule has 0 saturated carbocycles. The van der Waals surface area contributed by atoms with E-state index < -0.39 is 0 Å². The quantitative estimate of drug-likeness (QED) is 0.538. The summed E-state index contributed by atoms with van der Waals surface area (Å²) in [5.41, 5.74) is 0. The van der Waals surface area contributed by atoms with E-state index >= 15 is 0 Å². The summed E-state index contributed by atoms with van der Waals surface area (Å²) in [6.45, 7) is 3.96. The molecule has 1 saturated heterocycles. The standard InChI is InChI=1S/C6H12N2O2/c1-2-6-5-8(7-9)3-4-10-6/h6H,2-5H2,1H3. The third-order valence-electron chi connectivity index (χ3n) is 1.69. The Kier molecular flexibility index (Phi) is 2.62. The molecular weight excluding hydrogens is 132 g/mol. The number of nitrogens with zero attached hydrogens (tertiary/aromatic N) is 2. The van der Waals surface area contributed by atoms with Crippen molar-refractivity contribution >= 4 is 0 Å². The highest BCUT2D eigenvalue weighted by molar-refractivity contribution is 4.66. The zero-order chi connectivity index (χ0) is 7.40. The number of ether oxygens (including phenoxy) is 1. The van der Waals surface area contributed by atoms with E-state index in [9.17, 15) is 4.91 Å². The molecule has 0 aromatic carbocycles. The van der Waals surface area contributed by atoms with Crippen molar-refractivity contribution in [2.24, 2.45) is 5.29 Å². The smallest absolute Gasteiger partial charge is 0.0766 e. The lowest BCUT2D eigenvalue weighted by Crippen LogP contribution is -2.38. The summed E-state index contributed by atoms with van der Waals surface area (Å²) in [7, 11) is 0. The normalized spacial score (nSPS) is 26.5. The summed E-state index contributed by atoms with van der Waals surface area (Å²) in [5, 5.41) is 4.36. The fourth-order valence-corrected chi connectivity index (χ4v) is 1.02. The van der Waals surface area contributed by atoms with Gasteiger partial charge < -0.3 is 4.74 Å². The summed E-state index contributed by atoms with van der Waals surface area (Å²) in [5.74, 6) is 0. The Morgan fingerprint density at radius 2 is 2.60 bits per heavy atom. The number of hydrogen-bond donors (Lipinski definition) is 0. The van der Waals surface area contributed by atoms with Crippen LogP contribution in [0.3, 0.4) is 0 Å². The van der Waals surface area contributed by atoms with Gasteiger partial charge in [0.05, 0.1) is 31.1 Å². The molecule has 1 fully saturated rings. The zero-order valence-electron chi connectivity index (χ0n) is 6.12. The molecule has 1 aliphatic rings. The third-order valence-corrected chi connectivity index (χ3v) is 1.69. The van der Waals surface area contributed by atoms with Crippen molar-refractivity contribution in [3.8, 4) is 0 Å². The summed E-state index contributed by atoms with van der Waals surface area (Å²) in [4.78, 5) is 10.0. The van der Waals surface area contributed by atoms with E-state index in [0.717, 1.165) is 6.42 Å². The van der Waals surface area contributed by atoms with Crippen molar-refractivity contribution < 1.29 is 4.74 Å². The molecule has 0 aromatic rings. The van der Waals surface area contributed by atoms with Crippen LogP contribution in [-0.4, -0.2) is 30.8 Å². The lowest BCUT2D eigenvalue weighted by atomic mass is 10.2. The van der Waals surface area contributed by atoms with Gasteiger partial charge in [0.1, 0.15) is 0 Å². The lowest BCUT2D eigenvalue weighted by Gasteiger charge is -2.27. The molecule has 0 amide bonds. The topological polar surface area (TPSA) is 41.9 Å². The van der Waals surface area contributed by atoms with Crippen molar-refractivity contribution in [3.05, 3.63) is 4.91 Å². The highest BCUT2D eigenvalue weighted by Crippen LogP contribution is 2.07. The molecule has 10 heavy (non-hydrogen) atoms. The molecule has 1 heterocycles. The average molecular weight is 144 g/mol. The van der Waals surface area contributed by atoms with E-state index in [-0.39, 0.29) is 6.10 Å². The van der Waals surface area contributed by atoms with Gasteiger partial charge in [0.25, 0.3) is 0 Å². The molecule has 0 aliphatic carbocycles. The zero-order valence-corrected chi connectivity index (χ0v) is 6.12. The second kappa shape index (κ2) is 3.51. The summed E-state index contributed by atoms with van der Waals surface area (Å²) >= 11 is 0. The molecule has 58 valence electrons. The van der Waals surface area contributed by atoms with Crippen LogP contribution in [0, 0.1) is 4.91 Å².